The van der Waals surface area contributed by atoms with Crippen LogP contribution in [0.5, 0.6) is 0 Å². The average molecular weight is 400 g/mol. The number of likely N-dealkylation sites (tertiary alicyclic amines) is 1. The number of benzene rings is 1. The van der Waals surface area contributed by atoms with Gasteiger partial charge in [-0.15, -0.1) is 0 Å². The zero-order valence-electron chi connectivity index (χ0n) is 16.4. The zero-order chi connectivity index (χ0) is 21.1. The van der Waals surface area contributed by atoms with Gasteiger partial charge >= 0.3 is 0 Å². The highest BCUT2D eigenvalue weighted by atomic mass is 19.2. The number of piperidine rings is 1. The van der Waals surface area contributed by atoms with E-state index in [0.717, 1.165) is 6.07 Å². The summed E-state index contributed by atoms with van der Waals surface area (Å²) in [6.07, 6.45) is 0.676. The maximum atomic E-state index is 13.8. The lowest BCUT2D eigenvalue weighted by molar-refractivity contribution is -0.147. The molecule has 1 aromatic carbocycles. The number of nitrogens with zero attached hydrogens (tertiary/aromatic N) is 1. The van der Waals surface area contributed by atoms with Crippen LogP contribution in [0, 0.1) is 17.5 Å². The van der Waals surface area contributed by atoms with E-state index in [-0.39, 0.29) is 36.7 Å². The first-order valence-electron chi connectivity index (χ1n) is 9.33. The van der Waals surface area contributed by atoms with Crippen molar-refractivity contribution in [1.82, 2.24) is 4.90 Å². The summed E-state index contributed by atoms with van der Waals surface area (Å²) >= 11 is 0. The molecular formula is C20H27F3N2O3. The van der Waals surface area contributed by atoms with Crippen LogP contribution in [0.25, 0.3) is 0 Å². The van der Waals surface area contributed by atoms with Crippen LogP contribution < -0.4 is 5.73 Å². The Morgan fingerprint density at radius 1 is 1.25 bits per heavy atom. The summed E-state index contributed by atoms with van der Waals surface area (Å²) in [6, 6.07) is -0.261. The third kappa shape index (κ3) is 6.04. The van der Waals surface area contributed by atoms with E-state index in [2.05, 4.69) is 0 Å². The molecule has 0 saturated carbocycles. The van der Waals surface area contributed by atoms with Crippen molar-refractivity contribution in [3.8, 4) is 0 Å². The molecule has 156 valence electrons. The molecular weight excluding hydrogens is 373 g/mol. The topological polar surface area (TPSA) is 72.6 Å². The monoisotopic (exact) mass is 400 g/mol. The van der Waals surface area contributed by atoms with E-state index in [0.29, 0.717) is 25.5 Å². The fourth-order valence-electron chi connectivity index (χ4n) is 3.15. The lowest BCUT2D eigenvalue weighted by atomic mass is 9.98. The molecule has 1 aliphatic rings. The van der Waals surface area contributed by atoms with Crippen LogP contribution >= 0.6 is 0 Å². The van der Waals surface area contributed by atoms with Crippen molar-refractivity contribution in [3.05, 3.63) is 35.1 Å². The van der Waals surface area contributed by atoms with Gasteiger partial charge in [0.25, 0.3) is 0 Å². The zero-order valence-corrected chi connectivity index (χ0v) is 16.4. The summed E-state index contributed by atoms with van der Waals surface area (Å²) in [5, 5.41) is 0. The van der Waals surface area contributed by atoms with Crippen LogP contribution in [0.3, 0.4) is 0 Å². The van der Waals surface area contributed by atoms with Gasteiger partial charge in [0.15, 0.2) is 17.4 Å². The Balaban J connectivity index is 2.02. The van der Waals surface area contributed by atoms with Crippen molar-refractivity contribution < 1.29 is 27.5 Å². The third-order valence-corrected chi connectivity index (χ3v) is 4.57. The van der Waals surface area contributed by atoms with E-state index in [9.17, 15) is 22.8 Å². The van der Waals surface area contributed by atoms with Crippen molar-refractivity contribution in [2.45, 2.75) is 64.1 Å². The Kier molecular flexibility index (Phi) is 7.22. The number of rotatable bonds is 6. The van der Waals surface area contributed by atoms with Gasteiger partial charge in [-0.05, 0) is 45.2 Å². The molecule has 0 aliphatic carbocycles. The Morgan fingerprint density at radius 3 is 2.54 bits per heavy atom. The molecule has 2 rings (SSSR count). The van der Waals surface area contributed by atoms with Crippen LogP contribution in [-0.4, -0.2) is 47.4 Å². The van der Waals surface area contributed by atoms with Gasteiger partial charge in [-0.1, -0.05) is 0 Å². The number of carbonyl (C=O) groups excluding carboxylic acids is 2. The van der Waals surface area contributed by atoms with Gasteiger partial charge in [-0.2, -0.15) is 0 Å². The fraction of sp³-hybridized carbons (Fsp3) is 0.600. The molecule has 2 atom stereocenters. The van der Waals surface area contributed by atoms with Crippen molar-refractivity contribution in [2.75, 3.05) is 13.2 Å². The van der Waals surface area contributed by atoms with E-state index >= 15 is 0 Å². The van der Waals surface area contributed by atoms with Gasteiger partial charge < -0.3 is 15.4 Å². The predicted molar refractivity (Wildman–Crippen MR) is 98.1 cm³/mol. The first-order valence-corrected chi connectivity index (χ1v) is 9.33. The smallest absolute Gasteiger partial charge is 0.224 e. The number of Topliss-reactive ketones (excluding diaryl/α,β-unsaturated/α-hetero) is 1. The van der Waals surface area contributed by atoms with Gasteiger partial charge in [0.05, 0.1) is 12.2 Å². The Bertz CT molecular complexity index is 734. The number of hydrogen-bond donors (Lipinski definition) is 1. The maximum Gasteiger partial charge on any atom is 0.224 e. The van der Waals surface area contributed by atoms with E-state index in [4.69, 9.17) is 10.5 Å². The highest BCUT2D eigenvalue weighted by Gasteiger charge is 2.34. The third-order valence-electron chi connectivity index (χ3n) is 4.57. The molecule has 0 bridgehead atoms. The summed E-state index contributed by atoms with van der Waals surface area (Å²) in [5.74, 6) is -3.77. The molecule has 0 spiro atoms. The Hall–Kier alpha value is -1.93. The number of hydrogen-bond acceptors (Lipinski definition) is 4. The second kappa shape index (κ2) is 9.05. The molecule has 28 heavy (non-hydrogen) atoms. The van der Waals surface area contributed by atoms with E-state index < -0.39 is 35.1 Å². The van der Waals surface area contributed by atoms with Gasteiger partial charge in [-0.25, -0.2) is 13.2 Å². The van der Waals surface area contributed by atoms with Crippen LogP contribution in [0.15, 0.2) is 12.1 Å². The van der Waals surface area contributed by atoms with Crippen molar-refractivity contribution in [1.29, 1.82) is 0 Å². The SMILES string of the molecule is CC(C)(C)OC[C@@H]1C(=O)CCCN1C(=O)C[C@H](N)Cc1cc(F)c(F)cc1F. The largest absolute Gasteiger partial charge is 0.373 e. The highest BCUT2D eigenvalue weighted by Crippen LogP contribution is 2.20. The van der Waals surface area contributed by atoms with E-state index in [1.807, 2.05) is 20.8 Å². The van der Waals surface area contributed by atoms with Crippen molar-refractivity contribution in [2.24, 2.45) is 5.73 Å². The lowest BCUT2D eigenvalue weighted by Gasteiger charge is -2.36. The van der Waals surface area contributed by atoms with Crippen LogP contribution in [0.2, 0.25) is 0 Å². The highest BCUT2D eigenvalue weighted by molar-refractivity contribution is 5.90. The van der Waals surface area contributed by atoms with Gasteiger partial charge in [-0.3, -0.25) is 9.59 Å². The summed E-state index contributed by atoms with van der Waals surface area (Å²) in [6.45, 7) is 6.09. The molecule has 8 heteroatoms. The Labute approximate surface area is 163 Å². The predicted octanol–water partition coefficient (Wildman–Crippen LogP) is 2.74. The number of amides is 1. The minimum atomic E-state index is -1.28. The van der Waals surface area contributed by atoms with E-state index in [1.165, 1.54) is 4.90 Å². The first kappa shape index (κ1) is 22.4. The second-order valence-corrected chi connectivity index (χ2v) is 8.12. The molecule has 0 radical (unpaired) electrons. The average Bonchev–Trinajstić information content (AvgIpc) is 2.57. The van der Waals surface area contributed by atoms with Gasteiger partial charge in [0, 0.05) is 31.5 Å². The van der Waals surface area contributed by atoms with E-state index in [1.54, 1.807) is 0 Å². The summed E-state index contributed by atoms with van der Waals surface area (Å²) in [4.78, 5) is 26.4. The quantitative estimate of drug-likeness (QED) is 0.746. The standard InChI is InChI=1S/C20H27F3N2O3/c1-20(2,3)28-11-17-18(26)5-4-6-25(17)19(27)9-13(24)7-12-8-15(22)16(23)10-14(12)21/h8,10,13,17H,4-7,9,11,24H2,1-3H3/t13-,17-/m1/s1. The fourth-order valence-corrected chi connectivity index (χ4v) is 3.15. The molecule has 0 aromatic heterocycles. The number of halogens is 3. The van der Waals surface area contributed by atoms with Crippen molar-refractivity contribution >= 4 is 11.7 Å². The van der Waals surface area contributed by atoms with Crippen molar-refractivity contribution in [3.63, 3.8) is 0 Å². The van der Waals surface area contributed by atoms with Crippen LogP contribution in [-0.2, 0) is 20.7 Å². The number of ketones is 1. The number of carbonyl (C=O) groups is 2. The van der Waals surface area contributed by atoms with Crippen LogP contribution in [0.1, 0.15) is 45.6 Å². The number of nitrogens with two attached hydrogens (primary N) is 1. The molecule has 5 nitrogen and oxygen atoms in total. The van der Waals surface area contributed by atoms with Crippen LogP contribution in [0.4, 0.5) is 13.2 Å². The maximum absolute atomic E-state index is 13.8. The first-order chi connectivity index (χ1) is 13.0. The molecule has 1 aromatic rings. The molecule has 1 saturated heterocycles. The molecule has 0 unspecified atom stereocenters. The summed E-state index contributed by atoms with van der Waals surface area (Å²) < 4.78 is 45.8. The lowest BCUT2D eigenvalue weighted by Crippen LogP contribution is -2.53. The minimum Gasteiger partial charge on any atom is -0.373 e. The Morgan fingerprint density at radius 2 is 1.89 bits per heavy atom. The normalized spacial score (nSPS) is 19.0. The van der Waals surface area contributed by atoms with Gasteiger partial charge in [0.2, 0.25) is 5.91 Å². The summed E-state index contributed by atoms with van der Waals surface area (Å²) in [7, 11) is 0. The molecule has 2 N–H and O–H groups in total. The molecule has 1 heterocycles. The second-order valence-electron chi connectivity index (χ2n) is 8.12. The molecule has 1 amide bonds. The summed E-state index contributed by atoms with van der Waals surface area (Å²) in [5.41, 5.74) is 5.40. The number of ether oxygens (including phenoxy) is 1. The molecule has 1 fully saturated rings. The molecule has 1 aliphatic heterocycles. The minimum absolute atomic E-state index is 0.0657. The van der Waals surface area contributed by atoms with Gasteiger partial charge in [0.1, 0.15) is 11.9 Å².